The van der Waals surface area contributed by atoms with Crippen LogP contribution in [0.4, 0.5) is 0 Å². The van der Waals surface area contributed by atoms with Gasteiger partial charge in [0.25, 0.3) is 0 Å². The lowest BCUT2D eigenvalue weighted by molar-refractivity contribution is 0.242. The van der Waals surface area contributed by atoms with Gasteiger partial charge in [0.05, 0.1) is 6.10 Å². The number of hydrogen-bond acceptors (Lipinski definition) is 2. The SMILES string of the molecule is CCCC(NCC)C(C)c1ccc(OC(C)C)cc1. The molecule has 1 aromatic carbocycles. The van der Waals surface area contributed by atoms with E-state index in [1.165, 1.54) is 18.4 Å². The van der Waals surface area contributed by atoms with Crippen molar-refractivity contribution in [2.45, 2.75) is 65.5 Å². The Morgan fingerprint density at radius 3 is 2.16 bits per heavy atom. The van der Waals surface area contributed by atoms with Gasteiger partial charge in [0.15, 0.2) is 0 Å². The Morgan fingerprint density at radius 1 is 1.05 bits per heavy atom. The monoisotopic (exact) mass is 263 g/mol. The Bertz CT molecular complexity index is 339. The Labute approximate surface area is 118 Å². The molecule has 0 aliphatic carbocycles. The fraction of sp³-hybridized carbons (Fsp3) is 0.647. The number of hydrogen-bond donors (Lipinski definition) is 1. The Kier molecular flexibility index (Phi) is 6.93. The molecule has 0 fully saturated rings. The van der Waals surface area contributed by atoms with E-state index in [0.717, 1.165) is 12.3 Å². The van der Waals surface area contributed by atoms with Gasteiger partial charge in [0.1, 0.15) is 5.75 Å². The molecule has 2 nitrogen and oxygen atoms in total. The van der Waals surface area contributed by atoms with E-state index in [1.54, 1.807) is 0 Å². The zero-order chi connectivity index (χ0) is 14.3. The molecule has 0 heterocycles. The largest absolute Gasteiger partial charge is 0.491 e. The van der Waals surface area contributed by atoms with Crippen LogP contribution in [0.25, 0.3) is 0 Å². The van der Waals surface area contributed by atoms with Gasteiger partial charge in [0, 0.05) is 6.04 Å². The molecule has 108 valence electrons. The molecular weight excluding hydrogens is 234 g/mol. The van der Waals surface area contributed by atoms with Crippen LogP contribution in [0.3, 0.4) is 0 Å². The summed E-state index contributed by atoms with van der Waals surface area (Å²) >= 11 is 0. The molecule has 1 aromatic rings. The minimum absolute atomic E-state index is 0.234. The topological polar surface area (TPSA) is 21.3 Å². The second kappa shape index (κ2) is 8.21. The molecular formula is C17H29NO. The summed E-state index contributed by atoms with van der Waals surface area (Å²) in [7, 11) is 0. The zero-order valence-corrected chi connectivity index (χ0v) is 13.1. The summed E-state index contributed by atoms with van der Waals surface area (Å²) in [5, 5.41) is 3.60. The maximum Gasteiger partial charge on any atom is 0.119 e. The Hall–Kier alpha value is -1.02. The van der Waals surface area contributed by atoms with Crippen LogP contribution in [-0.4, -0.2) is 18.7 Å². The highest BCUT2D eigenvalue weighted by Crippen LogP contribution is 2.24. The number of ether oxygens (including phenoxy) is 1. The standard InChI is InChI=1S/C17H29NO/c1-6-8-17(18-7-2)14(5)15-9-11-16(12-10-15)19-13(3)4/h9-14,17-18H,6-8H2,1-5H3. The van der Waals surface area contributed by atoms with Crippen LogP contribution in [0.1, 0.15) is 58.9 Å². The fourth-order valence-electron chi connectivity index (χ4n) is 2.46. The maximum absolute atomic E-state index is 5.69. The molecule has 0 amide bonds. The third-order valence-electron chi connectivity index (χ3n) is 3.45. The lowest BCUT2D eigenvalue weighted by atomic mass is 9.90. The highest BCUT2D eigenvalue weighted by molar-refractivity contribution is 5.30. The second-order valence-electron chi connectivity index (χ2n) is 5.48. The van der Waals surface area contributed by atoms with Crippen LogP contribution in [0.2, 0.25) is 0 Å². The lowest BCUT2D eigenvalue weighted by Crippen LogP contribution is -2.33. The van der Waals surface area contributed by atoms with Crippen molar-refractivity contribution >= 4 is 0 Å². The Morgan fingerprint density at radius 2 is 1.68 bits per heavy atom. The summed E-state index contributed by atoms with van der Waals surface area (Å²) in [6.07, 6.45) is 2.67. The summed E-state index contributed by atoms with van der Waals surface area (Å²) in [5.41, 5.74) is 1.38. The van der Waals surface area contributed by atoms with Crippen molar-refractivity contribution in [3.8, 4) is 5.75 Å². The average molecular weight is 263 g/mol. The normalized spacial score (nSPS) is 14.4. The highest BCUT2D eigenvalue weighted by Gasteiger charge is 2.17. The number of benzene rings is 1. The second-order valence-corrected chi connectivity index (χ2v) is 5.48. The van der Waals surface area contributed by atoms with Gasteiger partial charge in [-0.05, 0) is 50.4 Å². The van der Waals surface area contributed by atoms with Crippen LogP contribution in [-0.2, 0) is 0 Å². The predicted molar refractivity (Wildman–Crippen MR) is 83.0 cm³/mol. The van der Waals surface area contributed by atoms with Crippen LogP contribution >= 0.6 is 0 Å². The number of nitrogens with one attached hydrogen (secondary N) is 1. The molecule has 0 spiro atoms. The molecule has 2 heteroatoms. The third kappa shape index (κ3) is 5.23. The molecule has 1 N–H and O–H groups in total. The third-order valence-corrected chi connectivity index (χ3v) is 3.45. The minimum Gasteiger partial charge on any atom is -0.491 e. The first-order valence-electron chi connectivity index (χ1n) is 7.58. The van der Waals surface area contributed by atoms with Crippen LogP contribution in [0, 0.1) is 0 Å². The summed E-state index contributed by atoms with van der Waals surface area (Å²) in [4.78, 5) is 0. The molecule has 0 aliphatic heterocycles. The van der Waals surface area contributed by atoms with Crippen molar-refractivity contribution < 1.29 is 4.74 Å². The quantitative estimate of drug-likeness (QED) is 0.752. The number of likely N-dealkylation sites (N-methyl/N-ethyl adjacent to an activating group) is 1. The van der Waals surface area contributed by atoms with Crippen molar-refractivity contribution in [1.29, 1.82) is 0 Å². The lowest BCUT2D eigenvalue weighted by Gasteiger charge is -2.25. The van der Waals surface area contributed by atoms with Crippen LogP contribution in [0.5, 0.6) is 5.75 Å². The molecule has 2 atom stereocenters. The van der Waals surface area contributed by atoms with E-state index in [9.17, 15) is 0 Å². The van der Waals surface area contributed by atoms with E-state index in [2.05, 4.69) is 64.2 Å². The first-order chi connectivity index (χ1) is 9.08. The molecule has 2 unspecified atom stereocenters. The van der Waals surface area contributed by atoms with Gasteiger partial charge < -0.3 is 10.1 Å². The highest BCUT2D eigenvalue weighted by atomic mass is 16.5. The maximum atomic E-state index is 5.69. The van der Waals surface area contributed by atoms with Gasteiger partial charge in [-0.1, -0.05) is 39.3 Å². The smallest absolute Gasteiger partial charge is 0.119 e. The molecule has 0 aliphatic rings. The van der Waals surface area contributed by atoms with Gasteiger partial charge in [-0.25, -0.2) is 0 Å². The van der Waals surface area contributed by atoms with Crippen molar-refractivity contribution in [1.82, 2.24) is 5.32 Å². The van der Waals surface area contributed by atoms with E-state index in [-0.39, 0.29) is 6.10 Å². The zero-order valence-electron chi connectivity index (χ0n) is 13.1. The van der Waals surface area contributed by atoms with Gasteiger partial charge >= 0.3 is 0 Å². The van der Waals surface area contributed by atoms with Gasteiger partial charge in [-0.15, -0.1) is 0 Å². The fourth-order valence-corrected chi connectivity index (χ4v) is 2.46. The van der Waals surface area contributed by atoms with Gasteiger partial charge in [-0.2, -0.15) is 0 Å². The summed E-state index contributed by atoms with van der Waals surface area (Å²) in [6.45, 7) is 11.9. The van der Waals surface area contributed by atoms with Crippen molar-refractivity contribution in [3.05, 3.63) is 29.8 Å². The first kappa shape index (κ1) is 16.0. The molecule has 0 saturated carbocycles. The molecule has 0 bridgehead atoms. The van der Waals surface area contributed by atoms with Gasteiger partial charge in [0.2, 0.25) is 0 Å². The predicted octanol–water partition coefficient (Wildman–Crippen LogP) is 4.36. The molecule has 0 aromatic heterocycles. The number of rotatable bonds is 8. The van der Waals surface area contributed by atoms with Crippen molar-refractivity contribution in [2.24, 2.45) is 0 Å². The average Bonchev–Trinajstić information content (AvgIpc) is 2.38. The van der Waals surface area contributed by atoms with Crippen molar-refractivity contribution in [3.63, 3.8) is 0 Å². The summed E-state index contributed by atoms with van der Waals surface area (Å²) in [5.74, 6) is 1.49. The van der Waals surface area contributed by atoms with E-state index < -0.39 is 0 Å². The first-order valence-corrected chi connectivity index (χ1v) is 7.58. The van der Waals surface area contributed by atoms with Crippen LogP contribution in [0.15, 0.2) is 24.3 Å². The van der Waals surface area contributed by atoms with E-state index >= 15 is 0 Å². The van der Waals surface area contributed by atoms with Crippen molar-refractivity contribution in [2.75, 3.05) is 6.54 Å². The van der Waals surface area contributed by atoms with E-state index in [4.69, 9.17) is 4.74 Å². The van der Waals surface area contributed by atoms with E-state index in [1.807, 2.05) is 0 Å². The summed E-state index contributed by atoms with van der Waals surface area (Å²) < 4.78 is 5.69. The Balaban J connectivity index is 2.72. The molecule has 0 radical (unpaired) electrons. The summed E-state index contributed by atoms with van der Waals surface area (Å²) in [6, 6.07) is 9.12. The van der Waals surface area contributed by atoms with Gasteiger partial charge in [-0.3, -0.25) is 0 Å². The molecule has 19 heavy (non-hydrogen) atoms. The molecule has 1 rings (SSSR count). The van der Waals surface area contributed by atoms with E-state index in [0.29, 0.717) is 12.0 Å². The molecule has 0 saturated heterocycles. The van der Waals surface area contributed by atoms with Crippen LogP contribution < -0.4 is 10.1 Å². The minimum atomic E-state index is 0.234.